The van der Waals surface area contributed by atoms with Crippen LogP contribution >= 0.6 is 31.9 Å². The van der Waals surface area contributed by atoms with Gasteiger partial charge in [-0.1, -0.05) is 159 Å². The second-order valence-electron chi connectivity index (χ2n) is 14.3. The predicted molar refractivity (Wildman–Crippen MR) is 225 cm³/mol. The standard InChI is InChI=1S/C46H50Br2N2/c1-5-9-15-31(7-3)29-49-39-19-13-11-17-37(39)43-42(34-23-27-36(48)28-24-34)46-44(41(45(43)49)33-21-25-35(47)26-22-33)38-18-12-14-20-40(38)50(46)30-32(8-4)16-10-6-2/h11-14,17-28,31-32H,5-10,15-16,29-30H2,1-4H3. The minimum Gasteiger partial charge on any atom is -0.340 e. The molecule has 2 aromatic heterocycles. The van der Waals surface area contributed by atoms with E-state index in [4.69, 9.17) is 0 Å². The molecule has 0 saturated heterocycles. The lowest BCUT2D eigenvalue weighted by molar-refractivity contribution is 0.400. The van der Waals surface area contributed by atoms with Crippen molar-refractivity contribution in [2.24, 2.45) is 11.8 Å². The van der Waals surface area contributed by atoms with Gasteiger partial charge in [0.05, 0.1) is 11.0 Å². The van der Waals surface area contributed by atoms with Gasteiger partial charge in [0.25, 0.3) is 0 Å². The van der Waals surface area contributed by atoms with Gasteiger partial charge in [-0.3, -0.25) is 0 Å². The fourth-order valence-corrected chi connectivity index (χ4v) is 8.92. The van der Waals surface area contributed by atoms with Crippen LogP contribution in [0.15, 0.2) is 106 Å². The number of para-hydroxylation sites is 2. The SMILES string of the molecule is CCCCC(CC)Cn1c2ccccc2c2c(-c3ccc(Br)cc3)c3c(c(-c4ccc(Br)cc4)c21)c1ccccc1n3CC(CC)CCCC. The fourth-order valence-electron chi connectivity index (χ4n) is 8.40. The molecular weight excluding hydrogens is 740 g/mol. The first kappa shape index (κ1) is 35.1. The first-order valence-electron chi connectivity index (χ1n) is 19.0. The highest BCUT2D eigenvalue weighted by atomic mass is 79.9. The van der Waals surface area contributed by atoms with Crippen molar-refractivity contribution in [3.8, 4) is 22.3 Å². The number of aromatic nitrogens is 2. The number of hydrogen-bond donors (Lipinski definition) is 0. The van der Waals surface area contributed by atoms with Crippen LogP contribution in [0, 0.1) is 11.8 Å². The third-order valence-corrected chi connectivity index (χ3v) is 12.2. The molecule has 0 spiro atoms. The van der Waals surface area contributed by atoms with Gasteiger partial charge in [0, 0.05) is 65.7 Å². The third-order valence-electron chi connectivity index (χ3n) is 11.1. The molecule has 0 aliphatic rings. The van der Waals surface area contributed by atoms with Crippen molar-refractivity contribution < 1.29 is 0 Å². The quantitative estimate of drug-likeness (QED) is 0.104. The lowest BCUT2D eigenvalue weighted by Crippen LogP contribution is -2.11. The third kappa shape index (κ3) is 6.48. The number of unbranched alkanes of at least 4 members (excludes halogenated alkanes) is 2. The molecule has 50 heavy (non-hydrogen) atoms. The molecule has 0 radical (unpaired) electrons. The Balaban J connectivity index is 1.72. The van der Waals surface area contributed by atoms with E-state index in [1.165, 1.54) is 117 Å². The number of benzene rings is 5. The average Bonchev–Trinajstić information content (AvgIpc) is 3.64. The Bertz CT molecular complexity index is 2080. The van der Waals surface area contributed by atoms with Gasteiger partial charge in [0.15, 0.2) is 0 Å². The first-order chi connectivity index (χ1) is 24.5. The fraction of sp³-hybridized carbons (Fsp3) is 0.348. The van der Waals surface area contributed by atoms with Crippen LogP contribution in [-0.4, -0.2) is 9.13 Å². The summed E-state index contributed by atoms with van der Waals surface area (Å²) in [5.74, 6) is 1.23. The summed E-state index contributed by atoms with van der Waals surface area (Å²) in [5.41, 5.74) is 10.7. The molecule has 0 amide bonds. The van der Waals surface area contributed by atoms with E-state index in [-0.39, 0.29) is 0 Å². The highest BCUT2D eigenvalue weighted by Crippen LogP contribution is 2.51. The van der Waals surface area contributed by atoms with E-state index >= 15 is 0 Å². The molecular formula is C46H50Br2N2. The zero-order valence-corrected chi connectivity index (χ0v) is 33.3. The normalized spacial score (nSPS) is 13.2. The summed E-state index contributed by atoms with van der Waals surface area (Å²) < 4.78 is 7.65. The van der Waals surface area contributed by atoms with Gasteiger partial charge in [-0.25, -0.2) is 0 Å². The Morgan fingerprint density at radius 2 is 0.880 bits per heavy atom. The molecule has 0 aliphatic carbocycles. The van der Waals surface area contributed by atoms with Crippen LogP contribution in [0.2, 0.25) is 0 Å². The maximum absolute atomic E-state index is 3.76. The molecule has 2 nitrogen and oxygen atoms in total. The van der Waals surface area contributed by atoms with Crippen LogP contribution in [0.3, 0.4) is 0 Å². The second-order valence-corrected chi connectivity index (χ2v) is 16.1. The predicted octanol–water partition coefficient (Wildman–Crippen LogP) is 15.2. The van der Waals surface area contributed by atoms with Crippen molar-refractivity contribution in [1.29, 1.82) is 0 Å². The van der Waals surface area contributed by atoms with Crippen molar-refractivity contribution in [3.63, 3.8) is 0 Å². The Kier molecular flexibility index (Phi) is 10.9. The lowest BCUT2D eigenvalue weighted by Gasteiger charge is -2.22. The van der Waals surface area contributed by atoms with Crippen molar-refractivity contribution in [2.75, 3.05) is 0 Å². The molecule has 0 aliphatic heterocycles. The van der Waals surface area contributed by atoms with Crippen LogP contribution in [0.5, 0.6) is 0 Å². The zero-order chi connectivity index (χ0) is 34.8. The van der Waals surface area contributed by atoms with Crippen LogP contribution in [0.1, 0.15) is 79.1 Å². The van der Waals surface area contributed by atoms with E-state index in [1.807, 2.05) is 0 Å². The number of hydrogen-bond acceptors (Lipinski definition) is 0. The van der Waals surface area contributed by atoms with Crippen molar-refractivity contribution in [1.82, 2.24) is 9.13 Å². The maximum atomic E-state index is 3.76. The number of fused-ring (bicyclic) bond motifs is 6. The Labute approximate surface area is 315 Å². The smallest absolute Gasteiger partial charge is 0.0585 e. The van der Waals surface area contributed by atoms with E-state index in [2.05, 4.69) is 166 Å². The first-order valence-corrected chi connectivity index (χ1v) is 20.6. The summed E-state index contributed by atoms with van der Waals surface area (Å²) in [4.78, 5) is 0. The van der Waals surface area contributed by atoms with E-state index in [0.717, 1.165) is 22.0 Å². The van der Waals surface area contributed by atoms with Crippen molar-refractivity contribution in [2.45, 2.75) is 92.2 Å². The summed E-state index contributed by atoms with van der Waals surface area (Å²) in [6.07, 6.45) is 9.88. The molecule has 0 saturated carbocycles. The van der Waals surface area contributed by atoms with E-state index in [0.29, 0.717) is 11.8 Å². The van der Waals surface area contributed by atoms with E-state index in [1.54, 1.807) is 0 Å². The topological polar surface area (TPSA) is 9.86 Å². The molecule has 0 fully saturated rings. The van der Waals surface area contributed by atoms with Gasteiger partial charge in [-0.05, 0) is 72.2 Å². The molecule has 2 heterocycles. The summed E-state index contributed by atoms with van der Waals surface area (Å²) in [6.45, 7) is 11.4. The van der Waals surface area contributed by atoms with Crippen LogP contribution in [0.4, 0.5) is 0 Å². The lowest BCUT2D eigenvalue weighted by atomic mass is 9.89. The molecule has 7 aromatic rings. The summed E-state index contributed by atoms with van der Waals surface area (Å²) in [6, 6.07) is 36.6. The van der Waals surface area contributed by atoms with Gasteiger partial charge in [0.1, 0.15) is 0 Å². The molecule has 2 unspecified atom stereocenters. The highest BCUT2D eigenvalue weighted by Gasteiger charge is 2.29. The van der Waals surface area contributed by atoms with Crippen LogP contribution in [-0.2, 0) is 13.1 Å². The van der Waals surface area contributed by atoms with Crippen molar-refractivity contribution in [3.05, 3.63) is 106 Å². The summed E-state index contributed by atoms with van der Waals surface area (Å²) in [7, 11) is 0. The van der Waals surface area contributed by atoms with Gasteiger partial charge >= 0.3 is 0 Å². The van der Waals surface area contributed by atoms with Crippen molar-refractivity contribution >= 4 is 75.5 Å². The summed E-state index contributed by atoms with van der Waals surface area (Å²) in [5, 5.41) is 5.45. The molecule has 2 atom stereocenters. The van der Waals surface area contributed by atoms with E-state index < -0.39 is 0 Å². The minimum absolute atomic E-state index is 0.615. The maximum Gasteiger partial charge on any atom is 0.0585 e. The molecule has 0 bridgehead atoms. The van der Waals surface area contributed by atoms with E-state index in [9.17, 15) is 0 Å². The zero-order valence-electron chi connectivity index (χ0n) is 30.1. The van der Waals surface area contributed by atoms with Gasteiger partial charge < -0.3 is 9.13 Å². The Morgan fingerprint density at radius 1 is 0.500 bits per heavy atom. The van der Waals surface area contributed by atoms with Crippen LogP contribution in [0.25, 0.3) is 65.9 Å². The van der Waals surface area contributed by atoms with Gasteiger partial charge in [-0.15, -0.1) is 0 Å². The van der Waals surface area contributed by atoms with Gasteiger partial charge in [0.2, 0.25) is 0 Å². The average molecular weight is 791 g/mol. The molecule has 258 valence electrons. The number of halogens is 2. The highest BCUT2D eigenvalue weighted by molar-refractivity contribution is 9.10. The molecule has 4 heteroatoms. The largest absolute Gasteiger partial charge is 0.340 e. The molecule has 0 N–H and O–H groups in total. The molecule has 5 aromatic carbocycles. The van der Waals surface area contributed by atoms with Crippen LogP contribution < -0.4 is 0 Å². The van der Waals surface area contributed by atoms with Gasteiger partial charge in [-0.2, -0.15) is 0 Å². The number of nitrogens with zero attached hydrogens (tertiary/aromatic N) is 2. The Morgan fingerprint density at radius 3 is 1.24 bits per heavy atom. The Hall–Kier alpha value is -3.34. The second kappa shape index (κ2) is 15.5. The number of rotatable bonds is 14. The molecule has 7 rings (SSSR count). The minimum atomic E-state index is 0.615. The monoisotopic (exact) mass is 788 g/mol. The summed E-state index contributed by atoms with van der Waals surface area (Å²) >= 11 is 7.52.